The highest BCUT2D eigenvalue weighted by molar-refractivity contribution is 8.26. The number of thiocarbonyl (C=S) groups is 1. The summed E-state index contributed by atoms with van der Waals surface area (Å²) in [6.07, 6.45) is 5.14. The van der Waals surface area contributed by atoms with Crippen molar-refractivity contribution >= 4 is 40.2 Å². The molecule has 0 aromatic heterocycles. The Bertz CT molecular complexity index is 401. The van der Waals surface area contributed by atoms with E-state index in [1.807, 2.05) is 6.92 Å². The molecule has 0 spiro atoms. The fourth-order valence-corrected chi connectivity index (χ4v) is 2.49. The van der Waals surface area contributed by atoms with Crippen LogP contribution in [0.1, 0.15) is 13.8 Å². The normalized spacial score (nSPS) is 21.1. The highest BCUT2D eigenvalue weighted by atomic mass is 32.2. The second-order valence-electron chi connectivity index (χ2n) is 3.11. The van der Waals surface area contributed by atoms with E-state index in [0.717, 1.165) is 16.7 Å². The zero-order valence-electron chi connectivity index (χ0n) is 8.84. The van der Waals surface area contributed by atoms with E-state index in [-0.39, 0.29) is 10.2 Å². The summed E-state index contributed by atoms with van der Waals surface area (Å²) in [6, 6.07) is -0.927. The lowest BCUT2D eigenvalue weighted by Gasteiger charge is -2.18. The summed E-state index contributed by atoms with van der Waals surface area (Å²) in [5.74, 6) is -1.41. The van der Waals surface area contributed by atoms with Crippen LogP contribution in [0.5, 0.6) is 0 Å². The average molecular weight is 257 g/mol. The lowest BCUT2D eigenvalue weighted by Crippen LogP contribution is -2.41. The summed E-state index contributed by atoms with van der Waals surface area (Å²) in [4.78, 5) is 24.2. The molecule has 1 rings (SSSR count). The number of nitrogens with zero attached hydrogens (tertiary/aromatic N) is 1. The van der Waals surface area contributed by atoms with E-state index in [4.69, 9.17) is 17.3 Å². The topological polar surface area (TPSA) is 57.6 Å². The van der Waals surface area contributed by atoms with Gasteiger partial charge in [-0.2, -0.15) is 0 Å². The molecule has 1 unspecified atom stereocenters. The van der Waals surface area contributed by atoms with Crippen molar-refractivity contribution in [2.45, 2.75) is 19.9 Å². The number of carbonyl (C=O) groups is 2. The molecule has 1 heterocycles. The zero-order valence-corrected chi connectivity index (χ0v) is 10.5. The standard InChI is InChI=1S/C10H11NO3S2/c1-3-4-5-7-8(12)11(10(15)16-7)6(2)9(13)14/h3-6H,1-2H3,(H,13,14). The fourth-order valence-electron chi connectivity index (χ4n) is 1.12. The maximum atomic E-state index is 11.8. The number of carboxylic acid groups (broad SMARTS) is 1. The molecule has 0 aliphatic carbocycles. The Balaban J connectivity index is 2.96. The number of thioether (sulfide) groups is 1. The molecule has 86 valence electrons. The molecular formula is C10H11NO3S2. The molecule has 1 atom stereocenters. The summed E-state index contributed by atoms with van der Waals surface area (Å²) < 4.78 is 0.288. The maximum Gasteiger partial charge on any atom is 0.326 e. The third kappa shape index (κ3) is 2.51. The van der Waals surface area contributed by atoms with Crippen molar-refractivity contribution in [1.82, 2.24) is 4.90 Å². The zero-order chi connectivity index (χ0) is 12.3. The van der Waals surface area contributed by atoms with Crippen molar-refractivity contribution < 1.29 is 14.7 Å². The SMILES string of the molecule is CC=CC=C1SC(=S)N(C(C)C(=O)O)C1=O. The molecule has 0 aromatic carbocycles. The molecule has 6 heteroatoms. The first kappa shape index (κ1) is 12.9. The fraction of sp³-hybridized carbons (Fsp3) is 0.300. The number of aliphatic carboxylic acids is 1. The third-order valence-electron chi connectivity index (χ3n) is 2.01. The van der Waals surface area contributed by atoms with Crippen LogP contribution in [0.4, 0.5) is 0 Å². The van der Waals surface area contributed by atoms with Crippen LogP contribution in [0.3, 0.4) is 0 Å². The highest BCUT2D eigenvalue weighted by Gasteiger charge is 2.37. The Kier molecular flexibility index (Phi) is 4.26. The Hall–Kier alpha value is -1.14. The average Bonchev–Trinajstić information content (AvgIpc) is 2.50. The molecule has 0 saturated carbocycles. The van der Waals surface area contributed by atoms with Gasteiger partial charge in [-0.15, -0.1) is 0 Å². The third-order valence-corrected chi connectivity index (χ3v) is 3.36. The van der Waals surface area contributed by atoms with Crippen LogP contribution in [0, 0.1) is 0 Å². The summed E-state index contributed by atoms with van der Waals surface area (Å²) in [5.41, 5.74) is 0. The van der Waals surface area contributed by atoms with Crippen molar-refractivity contribution in [2.24, 2.45) is 0 Å². The van der Waals surface area contributed by atoms with E-state index < -0.39 is 12.0 Å². The van der Waals surface area contributed by atoms with E-state index in [0.29, 0.717) is 4.91 Å². The Morgan fingerprint density at radius 2 is 2.25 bits per heavy atom. The summed E-state index contributed by atoms with van der Waals surface area (Å²) in [6.45, 7) is 3.27. The number of carbonyl (C=O) groups excluding carboxylic acids is 1. The van der Waals surface area contributed by atoms with E-state index >= 15 is 0 Å². The van der Waals surface area contributed by atoms with E-state index in [1.165, 1.54) is 6.92 Å². The lowest BCUT2D eigenvalue weighted by atomic mass is 10.3. The lowest BCUT2D eigenvalue weighted by molar-refractivity contribution is -0.144. The van der Waals surface area contributed by atoms with Crippen LogP contribution in [-0.4, -0.2) is 32.2 Å². The largest absolute Gasteiger partial charge is 0.480 e. The quantitative estimate of drug-likeness (QED) is 0.617. The monoisotopic (exact) mass is 257 g/mol. The van der Waals surface area contributed by atoms with Gasteiger partial charge in [0.25, 0.3) is 5.91 Å². The van der Waals surface area contributed by atoms with Gasteiger partial charge >= 0.3 is 5.97 Å². The Labute approximate surface area is 103 Å². The molecule has 1 N–H and O–H groups in total. The Morgan fingerprint density at radius 1 is 1.62 bits per heavy atom. The molecule has 1 amide bonds. The predicted octanol–water partition coefficient (Wildman–Crippen LogP) is 1.78. The number of hydrogen-bond acceptors (Lipinski definition) is 4. The van der Waals surface area contributed by atoms with Gasteiger partial charge in [-0.05, 0) is 19.9 Å². The number of allylic oxidation sites excluding steroid dienone is 3. The van der Waals surface area contributed by atoms with Gasteiger partial charge in [0.2, 0.25) is 0 Å². The summed E-state index contributed by atoms with van der Waals surface area (Å²) in [5, 5.41) is 8.84. The first-order valence-electron chi connectivity index (χ1n) is 4.60. The van der Waals surface area contributed by atoms with Gasteiger partial charge in [0, 0.05) is 0 Å². The highest BCUT2D eigenvalue weighted by Crippen LogP contribution is 2.32. The smallest absolute Gasteiger partial charge is 0.326 e. The minimum absolute atomic E-state index is 0.288. The van der Waals surface area contributed by atoms with E-state index in [9.17, 15) is 9.59 Å². The second-order valence-corrected chi connectivity index (χ2v) is 4.79. The number of rotatable bonds is 3. The Morgan fingerprint density at radius 3 is 2.75 bits per heavy atom. The van der Waals surface area contributed by atoms with Gasteiger partial charge in [-0.25, -0.2) is 4.79 Å². The molecule has 0 radical (unpaired) electrons. The molecule has 1 saturated heterocycles. The van der Waals surface area contributed by atoms with Crippen LogP contribution in [0.25, 0.3) is 0 Å². The molecule has 0 aromatic rings. The molecule has 1 aliphatic rings. The number of hydrogen-bond donors (Lipinski definition) is 1. The van der Waals surface area contributed by atoms with Crippen molar-refractivity contribution in [3.63, 3.8) is 0 Å². The van der Waals surface area contributed by atoms with Crippen molar-refractivity contribution in [1.29, 1.82) is 0 Å². The van der Waals surface area contributed by atoms with Gasteiger partial charge in [0.05, 0.1) is 4.91 Å². The van der Waals surface area contributed by atoms with Crippen molar-refractivity contribution in [2.75, 3.05) is 0 Å². The van der Waals surface area contributed by atoms with Crippen LogP contribution < -0.4 is 0 Å². The van der Waals surface area contributed by atoms with Crippen molar-refractivity contribution in [3.05, 3.63) is 23.1 Å². The summed E-state index contributed by atoms with van der Waals surface area (Å²) >= 11 is 6.10. The molecule has 0 bridgehead atoms. The molecular weight excluding hydrogens is 246 g/mol. The van der Waals surface area contributed by atoms with Gasteiger partial charge in [-0.1, -0.05) is 36.1 Å². The van der Waals surface area contributed by atoms with Crippen LogP contribution in [0.2, 0.25) is 0 Å². The van der Waals surface area contributed by atoms with Crippen LogP contribution in [-0.2, 0) is 9.59 Å². The number of amides is 1. The van der Waals surface area contributed by atoms with E-state index in [2.05, 4.69) is 0 Å². The van der Waals surface area contributed by atoms with Gasteiger partial charge in [0.1, 0.15) is 10.4 Å². The molecule has 1 fully saturated rings. The number of carboxylic acids is 1. The van der Waals surface area contributed by atoms with Gasteiger partial charge < -0.3 is 5.11 Å². The predicted molar refractivity (Wildman–Crippen MR) is 67.0 cm³/mol. The van der Waals surface area contributed by atoms with E-state index in [1.54, 1.807) is 18.2 Å². The van der Waals surface area contributed by atoms with Crippen LogP contribution >= 0.6 is 24.0 Å². The van der Waals surface area contributed by atoms with Gasteiger partial charge in [-0.3, -0.25) is 9.69 Å². The van der Waals surface area contributed by atoms with Gasteiger partial charge in [0.15, 0.2) is 0 Å². The molecule has 1 aliphatic heterocycles. The second kappa shape index (κ2) is 5.27. The summed E-state index contributed by atoms with van der Waals surface area (Å²) in [7, 11) is 0. The maximum absolute atomic E-state index is 11.8. The van der Waals surface area contributed by atoms with Crippen molar-refractivity contribution in [3.8, 4) is 0 Å². The first-order chi connectivity index (χ1) is 7.49. The molecule has 4 nitrogen and oxygen atoms in total. The molecule has 16 heavy (non-hydrogen) atoms. The minimum atomic E-state index is -1.07. The first-order valence-corrected chi connectivity index (χ1v) is 5.82. The minimum Gasteiger partial charge on any atom is -0.480 e. The van der Waals surface area contributed by atoms with Crippen LogP contribution in [0.15, 0.2) is 23.1 Å².